The van der Waals surface area contributed by atoms with Gasteiger partial charge in [-0.3, -0.25) is 0 Å². The van der Waals surface area contributed by atoms with Crippen molar-refractivity contribution in [2.24, 2.45) is 5.92 Å². The maximum atomic E-state index is 12.9. The van der Waals surface area contributed by atoms with Gasteiger partial charge in [0.15, 0.2) is 5.82 Å². The molecule has 3 rings (SSSR count). The van der Waals surface area contributed by atoms with E-state index in [1.807, 2.05) is 26.0 Å². The van der Waals surface area contributed by atoms with Crippen LogP contribution in [0.1, 0.15) is 69.0 Å². The fourth-order valence-corrected chi connectivity index (χ4v) is 3.43. The molecule has 0 saturated heterocycles. The Kier molecular flexibility index (Phi) is 10.00. The minimum Gasteiger partial charge on any atom is -0.491 e. The van der Waals surface area contributed by atoms with Crippen LogP contribution in [0.15, 0.2) is 60.8 Å². The normalized spacial score (nSPS) is 13.5. The number of ether oxygens (including phenoxy) is 1. The van der Waals surface area contributed by atoms with Crippen LogP contribution >= 0.6 is 0 Å². The third kappa shape index (κ3) is 7.77. The van der Waals surface area contributed by atoms with Crippen LogP contribution in [0.3, 0.4) is 0 Å². The third-order valence-electron chi connectivity index (χ3n) is 5.79. The number of unbranched alkanes of at least 4 members (excludes halogenated alkanes) is 1. The number of nitrogens with two attached hydrogens (primary N) is 1. The molecule has 37 heavy (non-hydrogen) atoms. The lowest BCUT2D eigenvalue weighted by molar-refractivity contribution is 0.151. The van der Waals surface area contributed by atoms with Gasteiger partial charge >= 0.3 is 0 Å². The van der Waals surface area contributed by atoms with Gasteiger partial charge in [-0.1, -0.05) is 43.7 Å². The molecule has 3 aromatic rings. The summed E-state index contributed by atoms with van der Waals surface area (Å²) >= 11 is 0. The van der Waals surface area contributed by atoms with Gasteiger partial charge in [0.05, 0.1) is 11.5 Å². The average Bonchev–Trinajstić information content (AvgIpc) is 3.26. The number of alkyl halides is 2. The summed E-state index contributed by atoms with van der Waals surface area (Å²) in [4.78, 5) is 12.2. The first-order chi connectivity index (χ1) is 17.8. The van der Waals surface area contributed by atoms with Gasteiger partial charge in [0.1, 0.15) is 12.3 Å². The molecule has 10 heteroatoms. The molecule has 0 aliphatic heterocycles. The summed E-state index contributed by atoms with van der Waals surface area (Å²) in [5.41, 5.74) is 8.62. The Bertz CT molecular complexity index is 1230. The molecule has 0 amide bonds. The molecule has 0 saturated carbocycles. The standard InChI is InChI=1S/C27H33F2N7O/c1-5-6-7-8-9-19(3)24(12-10-18(2)22-15-32-27(30)33-16-22)37-17-23-20(4)34-35-36(23)25-13-11-21(14-31-25)26(28)29/h7-8,10-16,19,26H,5-6,9,17H2,1-4H3,(H2,30,32,33)/b8-7+,18-10+,24-12+. The predicted molar refractivity (Wildman–Crippen MR) is 140 cm³/mol. The lowest BCUT2D eigenvalue weighted by atomic mass is 10.0. The highest BCUT2D eigenvalue weighted by Crippen LogP contribution is 2.23. The lowest BCUT2D eigenvalue weighted by Crippen LogP contribution is -2.09. The van der Waals surface area contributed by atoms with E-state index in [1.165, 1.54) is 16.8 Å². The molecule has 0 bridgehead atoms. The fourth-order valence-electron chi connectivity index (χ4n) is 3.43. The Morgan fingerprint density at radius 2 is 1.86 bits per heavy atom. The van der Waals surface area contributed by atoms with E-state index < -0.39 is 6.43 Å². The zero-order chi connectivity index (χ0) is 26.8. The van der Waals surface area contributed by atoms with E-state index >= 15 is 0 Å². The highest BCUT2D eigenvalue weighted by Gasteiger charge is 2.16. The summed E-state index contributed by atoms with van der Waals surface area (Å²) in [6, 6.07) is 2.83. The summed E-state index contributed by atoms with van der Waals surface area (Å²) < 4.78 is 33.7. The van der Waals surface area contributed by atoms with Crippen LogP contribution in [0.2, 0.25) is 0 Å². The molecule has 0 fully saturated rings. The lowest BCUT2D eigenvalue weighted by Gasteiger charge is -2.17. The van der Waals surface area contributed by atoms with Gasteiger partial charge in [-0.05, 0) is 50.5 Å². The van der Waals surface area contributed by atoms with Crippen molar-refractivity contribution in [2.75, 3.05) is 5.73 Å². The second-order valence-corrected chi connectivity index (χ2v) is 8.72. The summed E-state index contributed by atoms with van der Waals surface area (Å²) in [5.74, 6) is 1.50. The minimum absolute atomic E-state index is 0.105. The van der Waals surface area contributed by atoms with Crippen LogP contribution in [0.5, 0.6) is 0 Å². The summed E-state index contributed by atoms with van der Waals surface area (Å²) in [5, 5.41) is 8.29. The van der Waals surface area contributed by atoms with Gasteiger partial charge in [0, 0.05) is 35.6 Å². The monoisotopic (exact) mass is 509 g/mol. The van der Waals surface area contributed by atoms with Gasteiger partial charge < -0.3 is 10.5 Å². The summed E-state index contributed by atoms with van der Waals surface area (Å²) in [6.07, 6.45) is 13.1. The molecule has 0 aliphatic rings. The van der Waals surface area contributed by atoms with Crippen molar-refractivity contribution in [2.45, 2.75) is 60.0 Å². The predicted octanol–water partition coefficient (Wildman–Crippen LogP) is 6.17. The second kappa shape index (κ2) is 13.4. The first-order valence-corrected chi connectivity index (χ1v) is 12.2. The maximum absolute atomic E-state index is 12.9. The topological polar surface area (TPSA) is 105 Å². The highest BCUT2D eigenvalue weighted by molar-refractivity contribution is 5.64. The molecule has 3 aromatic heterocycles. The van der Waals surface area contributed by atoms with Gasteiger partial charge in [-0.2, -0.15) is 4.68 Å². The maximum Gasteiger partial charge on any atom is 0.265 e. The Balaban J connectivity index is 1.84. The van der Waals surface area contributed by atoms with Crippen LogP contribution in [0.25, 0.3) is 11.4 Å². The molecule has 0 spiro atoms. The van der Waals surface area contributed by atoms with Crippen molar-refractivity contribution in [1.82, 2.24) is 29.9 Å². The van der Waals surface area contributed by atoms with Crippen LogP contribution in [-0.4, -0.2) is 29.9 Å². The number of halogens is 2. The molecule has 0 radical (unpaired) electrons. The van der Waals surface area contributed by atoms with E-state index in [-0.39, 0.29) is 24.0 Å². The molecule has 3 heterocycles. The Morgan fingerprint density at radius 3 is 2.51 bits per heavy atom. The van der Waals surface area contributed by atoms with Crippen LogP contribution in [0, 0.1) is 12.8 Å². The Labute approximate surface area is 216 Å². The number of pyridine rings is 1. The van der Waals surface area contributed by atoms with Gasteiger partial charge in [-0.15, -0.1) is 5.10 Å². The highest BCUT2D eigenvalue weighted by atomic mass is 19.3. The number of aryl methyl sites for hydroxylation is 1. The number of rotatable bonds is 12. The van der Waals surface area contributed by atoms with Crippen molar-refractivity contribution in [3.8, 4) is 5.82 Å². The Morgan fingerprint density at radius 1 is 1.11 bits per heavy atom. The van der Waals surface area contributed by atoms with Gasteiger partial charge in [-0.25, -0.2) is 23.7 Å². The first kappa shape index (κ1) is 27.6. The van der Waals surface area contributed by atoms with Crippen LogP contribution in [-0.2, 0) is 11.3 Å². The van der Waals surface area contributed by atoms with E-state index in [4.69, 9.17) is 10.5 Å². The molecule has 196 valence electrons. The van der Waals surface area contributed by atoms with E-state index in [2.05, 4.69) is 51.3 Å². The quantitative estimate of drug-likeness (QED) is 0.177. The number of hydrogen-bond donors (Lipinski definition) is 1. The van der Waals surface area contributed by atoms with Crippen LogP contribution in [0.4, 0.5) is 14.7 Å². The smallest absolute Gasteiger partial charge is 0.265 e. The fraction of sp³-hybridized carbons (Fsp3) is 0.370. The molecular weight excluding hydrogens is 476 g/mol. The zero-order valence-corrected chi connectivity index (χ0v) is 21.6. The van der Waals surface area contributed by atoms with Crippen molar-refractivity contribution in [3.05, 3.63) is 83.3 Å². The zero-order valence-electron chi connectivity index (χ0n) is 21.6. The Hall–Kier alpha value is -3.95. The van der Waals surface area contributed by atoms with E-state index in [0.717, 1.165) is 42.4 Å². The van der Waals surface area contributed by atoms with Crippen molar-refractivity contribution in [1.29, 1.82) is 0 Å². The second-order valence-electron chi connectivity index (χ2n) is 8.72. The SMILES string of the molecule is CCC/C=C/CC(C)/C(=C\C=C(/C)c1cnc(N)nc1)OCc1c(C)nnn1-c1ccc(C(F)F)cn1. The number of nitrogens with zero attached hydrogens (tertiary/aromatic N) is 6. The molecule has 8 nitrogen and oxygen atoms in total. The van der Waals surface area contributed by atoms with Crippen molar-refractivity contribution >= 4 is 11.5 Å². The molecular formula is C27H33F2N7O. The molecule has 0 aliphatic carbocycles. The number of aromatic nitrogens is 6. The largest absolute Gasteiger partial charge is 0.491 e. The number of nitrogen functional groups attached to an aromatic ring is 1. The number of allylic oxidation sites excluding steroid dienone is 6. The minimum atomic E-state index is -2.58. The van der Waals surface area contributed by atoms with Crippen molar-refractivity contribution in [3.63, 3.8) is 0 Å². The van der Waals surface area contributed by atoms with E-state index in [9.17, 15) is 8.78 Å². The third-order valence-corrected chi connectivity index (χ3v) is 5.79. The molecule has 0 aromatic carbocycles. The summed E-state index contributed by atoms with van der Waals surface area (Å²) in [6.45, 7) is 8.22. The number of anilines is 1. The number of hydrogen-bond acceptors (Lipinski definition) is 7. The van der Waals surface area contributed by atoms with E-state index in [1.54, 1.807) is 12.4 Å². The van der Waals surface area contributed by atoms with Crippen LogP contribution < -0.4 is 5.73 Å². The van der Waals surface area contributed by atoms with Gasteiger partial charge in [0.2, 0.25) is 5.95 Å². The first-order valence-electron chi connectivity index (χ1n) is 12.2. The molecule has 2 N–H and O–H groups in total. The van der Waals surface area contributed by atoms with Gasteiger partial charge in [0.25, 0.3) is 6.43 Å². The molecule has 1 atom stereocenters. The molecule has 1 unspecified atom stereocenters. The average molecular weight is 510 g/mol. The summed E-state index contributed by atoms with van der Waals surface area (Å²) in [7, 11) is 0. The van der Waals surface area contributed by atoms with Crippen molar-refractivity contribution < 1.29 is 13.5 Å². The van der Waals surface area contributed by atoms with E-state index in [0.29, 0.717) is 17.2 Å².